The van der Waals surface area contributed by atoms with Gasteiger partial charge < -0.3 is 0 Å². The van der Waals surface area contributed by atoms with Crippen LogP contribution < -0.4 is 0 Å². The van der Waals surface area contributed by atoms with E-state index in [2.05, 4.69) is 54.5 Å². The number of allylic oxidation sites excluding steroid dienone is 2. The van der Waals surface area contributed by atoms with Gasteiger partial charge >= 0.3 is 0 Å². The number of benzene rings is 1. The van der Waals surface area contributed by atoms with E-state index in [0.29, 0.717) is 0 Å². The minimum absolute atomic E-state index is 1.19. The lowest BCUT2D eigenvalue weighted by Gasteiger charge is -2.21. The Kier molecular flexibility index (Phi) is 5.85. The third-order valence-corrected chi connectivity index (χ3v) is 4.52. The molecule has 0 radical (unpaired) electrons. The molecule has 0 heteroatoms. The van der Waals surface area contributed by atoms with Crippen molar-refractivity contribution in [3.05, 3.63) is 39.5 Å². The molecule has 0 aliphatic heterocycles. The molecule has 0 bridgehead atoms. The largest absolute Gasteiger partial charge is 0.0807 e. The zero-order chi connectivity index (χ0) is 14.6. The maximum absolute atomic E-state index is 2.47. The van der Waals surface area contributed by atoms with Gasteiger partial charge in [0.25, 0.3) is 0 Å². The fourth-order valence-electron chi connectivity index (χ4n) is 2.90. The SMILES string of the molecule is CCC/C=C(/CCC)c1c(C)c(C)c(C)c(C)c1C. The molecule has 1 aromatic rings. The molecule has 0 aliphatic rings. The van der Waals surface area contributed by atoms with Crippen molar-refractivity contribution in [2.45, 2.75) is 74.1 Å². The molecule has 1 rings (SSSR count). The van der Waals surface area contributed by atoms with E-state index >= 15 is 0 Å². The van der Waals surface area contributed by atoms with Gasteiger partial charge in [-0.05, 0) is 86.4 Å². The zero-order valence-electron chi connectivity index (χ0n) is 13.9. The summed E-state index contributed by atoms with van der Waals surface area (Å²) in [7, 11) is 0. The van der Waals surface area contributed by atoms with Gasteiger partial charge in [-0.3, -0.25) is 0 Å². The predicted molar refractivity (Wildman–Crippen MR) is 87.9 cm³/mol. The highest BCUT2D eigenvalue weighted by Gasteiger charge is 2.14. The fourth-order valence-corrected chi connectivity index (χ4v) is 2.90. The quantitative estimate of drug-likeness (QED) is 0.588. The lowest BCUT2D eigenvalue weighted by atomic mass is 9.84. The Bertz CT molecular complexity index is 446. The second-order valence-corrected chi connectivity index (χ2v) is 5.77. The molecule has 0 N–H and O–H groups in total. The van der Waals surface area contributed by atoms with Gasteiger partial charge in [0.05, 0.1) is 0 Å². The van der Waals surface area contributed by atoms with E-state index in [-0.39, 0.29) is 0 Å². The van der Waals surface area contributed by atoms with Crippen LogP contribution in [0, 0.1) is 34.6 Å². The van der Waals surface area contributed by atoms with E-state index in [1.165, 1.54) is 59.1 Å². The van der Waals surface area contributed by atoms with Crippen LogP contribution in [-0.2, 0) is 0 Å². The third kappa shape index (κ3) is 3.29. The van der Waals surface area contributed by atoms with Crippen LogP contribution in [0.1, 0.15) is 72.9 Å². The van der Waals surface area contributed by atoms with Gasteiger partial charge in [-0.15, -0.1) is 0 Å². The number of unbranched alkanes of at least 4 members (excludes halogenated alkanes) is 1. The fraction of sp³-hybridized carbons (Fsp3) is 0.579. The summed E-state index contributed by atoms with van der Waals surface area (Å²) < 4.78 is 0. The first-order valence-corrected chi connectivity index (χ1v) is 7.71. The summed E-state index contributed by atoms with van der Waals surface area (Å²) in [6.45, 7) is 15.9. The summed E-state index contributed by atoms with van der Waals surface area (Å²) >= 11 is 0. The summed E-state index contributed by atoms with van der Waals surface area (Å²) in [4.78, 5) is 0. The Morgan fingerprint density at radius 3 is 1.63 bits per heavy atom. The molecule has 19 heavy (non-hydrogen) atoms. The van der Waals surface area contributed by atoms with Crippen LogP contribution in [0.15, 0.2) is 6.08 Å². The summed E-state index contributed by atoms with van der Waals surface area (Å²) in [6.07, 6.45) is 7.31. The summed E-state index contributed by atoms with van der Waals surface area (Å²) in [5, 5.41) is 0. The van der Waals surface area contributed by atoms with Crippen molar-refractivity contribution in [3.63, 3.8) is 0 Å². The lowest BCUT2D eigenvalue weighted by Crippen LogP contribution is -2.02. The van der Waals surface area contributed by atoms with Crippen LogP contribution in [0.25, 0.3) is 5.57 Å². The van der Waals surface area contributed by atoms with Gasteiger partial charge in [0.2, 0.25) is 0 Å². The molecule has 0 unspecified atom stereocenters. The number of hydrogen-bond donors (Lipinski definition) is 0. The molecule has 0 amide bonds. The smallest absolute Gasteiger partial charge is 0.0164 e. The molecule has 0 aliphatic carbocycles. The Morgan fingerprint density at radius 1 is 0.737 bits per heavy atom. The van der Waals surface area contributed by atoms with Crippen molar-refractivity contribution in [2.24, 2.45) is 0 Å². The molecule has 0 aromatic heterocycles. The van der Waals surface area contributed by atoms with E-state index < -0.39 is 0 Å². The summed E-state index contributed by atoms with van der Waals surface area (Å²) in [6, 6.07) is 0. The van der Waals surface area contributed by atoms with Crippen LogP contribution in [0.3, 0.4) is 0 Å². The molecule has 1 aromatic carbocycles. The Morgan fingerprint density at radius 2 is 1.21 bits per heavy atom. The van der Waals surface area contributed by atoms with Crippen molar-refractivity contribution in [3.8, 4) is 0 Å². The normalized spacial score (nSPS) is 12.1. The predicted octanol–water partition coefficient (Wildman–Crippen LogP) is 6.21. The highest BCUT2D eigenvalue weighted by molar-refractivity contribution is 5.73. The molecule has 0 fully saturated rings. The first-order chi connectivity index (χ1) is 8.95. The highest BCUT2D eigenvalue weighted by atomic mass is 14.2. The summed E-state index contributed by atoms with van der Waals surface area (Å²) in [5.41, 5.74) is 10.5. The molecule has 0 nitrogen and oxygen atoms in total. The lowest BCUT2D eigenvalue weighted by molar-refractivity contribution is 0.929. The number of hydrogen-bond acceptors (Lipinski definition) is 0. The third-order valence-electron chi connectivity index (χ3n) is 4.52. The van der Waals surface area contributed by atoms with Gasteiger partial charge in [-0.1, -0.05) is 32.8 Å². The Labute approximate surface area is 119 Å². The van der Waals surface area contributed by atoms with Crippen LogP contribution in [-0.4, -0.2) is 0 Å². The van der Waals surface area contributed by atoms with Gasteiger partial charge in [0, 0.05) is 0 Å². The standard InChI is InChI=1S/C19H30/c1-8-10-12-18(11-9-2)19-16(6)14(4)13(3)15(5)17(19)7/h12H,8-11H2,1-7H3/b18-12-. The van der Waals surface area contributed by atoms with E-state index in [0.717, 1.165) is 0 Å². The molecule has 0 saturated carbocycles. The molecular weight excluding hydrogens is 228 g/mol. The molecule has 0 heterocycles. The van der Waals surface area contributed by atoms with E-state index in [1.807, 2.05) is 0 Å². The average Bonchev–Trinajstić information content (AvgIpc) is 2.40. The van der Waals surface area contributed by atoms with Gasteiger partial charge in [-0.2, -0.15) is 0 Å². The maximum Gasteiger partial charge on any atom is -0.0164 e. The molecule has 106 valence electrons. The highest BCUT2D eigenvalue weighted by Crippen LogP contribution is 2.33. The van der Waals surface area contributed by atoms with Crippen molar-refractivity contribution in [1.29, 1.82) is 0 Å². The Balaban J connectivity index is 3.46. The topological polar surface area (TPSA) is 0 Å². The van der Waals surface area contributed by atoms with Gasteiger partial charge in [0.15, 0.2) is 0 Å². The van der Waals surface area contributed by atoms with Crippen LogP contribution >= 0.6 is 0 Å². The average molecular weight is 258 g/mol. The molecule has 0 spiro atoms. The monoisotopic (exact) mass is 258 g/mol. The second kappa shape index (κ2) is 6.93. The maximum atomic E-state index is 2.47. The van der Waals surface area contributed by atoms with Crippen LogP contribution in [0.2, 0.25) is 0 Å². The first-order valence-electron chi connectivity index (χ1n) is 7.71. The van der Waals surface area contributed by atoms with Crippen molar-refractivity contribution in [2.75, 3.05) is 0 Å². The van der Waals surface area contributed by atoms with Crippen LogP contribution in [0.4, 0.5) is 0 Å². The minimum Gasteiger partial charge on any atom is -0.0807 e. The van der Waals surface area contributed by atoms with Gasteiger partial charge in [-0.25, -0.2) is 0 Å². The zero-order valence-corrected chi connectivity index (χ0v) is 13.9. The molecule has 0 saturated heterocycles. The van der Waals surface area contributed by atoms with Crippen molar-refractivity contribution in [1.82, 2.24) is 0 Å². The van der Waals surface area contributed by atoms with Crippen molar-refractivity contribution < 1.29 is 0 Å². The van der Waals surface area contributed by atoms with Crippen molar-refractivity contribution >= 4 is 5.57 Å². The van der Waals surface area contributed by atoms with E-state index in [4.69, 9.17) is 0 Å². The second-order valence-electron chi connectivity index (χ2n) is 5.77. The first kappa shape index (κ1) is 16.0. The van der Waals surface area contributed by atoms with E-state index in [9.17, 15) is 0 Å². The molecular formula is C19H30. The Hall–Kier alpha value is -1.04. The van der Waals surface area contributed by atoms with E-state index in [1.54, 1.807) is 5.57 Å². The van der Waals surface area contributed by atoms with Gasteiger partial charge in [0.1, 0.15) is 0 Å². The summed E-state index contributed by atoms with van der Waals surface area (Å²) in [5.74, 6) is 0. The number of rotatable bonds is 5. The van der Waals surface area contributed by atoms with Crippen LogP contribution in [0.5, 0.6) is 0 Å². The minimum atomic E-state index is 1.19. The molecule has 0 atom stereocenters.